The van der Waals surface area contributed by atoms with Crippen molar-refractivity contribution in [1.82, 2.24) is 20.2 Å². The Morgan fingerprint density at radius 3 is 2.52 bits per heavy atom. The summed E-state index contributed by atoms with van der Waals surface area (Å²) in [6, 6.07) is 3.44. The van der Waals surface area contributed by atoms with Crippen LogP contribution in [0.25, 0.3) is 17.1 Å². The van der Waals surface area contributed by atoms with Crippen molar-refractivity contribution in [2.45, 2.75) is 97.9 Å². The Balaban J connectivity index is 1.38. The highest BCUT2D eigenvalue weighted by Gasteiger charge is 2.55. The van der Waals surface area contributed by atoms with Crippen LogP contribution in [-0.4, -0.2) is 77.4 Å². The van der Waals surface area contributed by atoms with Crippen LogP contribution in [0, 0.1) is 35.0 Å². The molecule has 11 heteroatoms. The van der Waals surface area contributed by atoms with E-state index in [1.165, 1.54) is 11.3 Å². The number of aromatic nitrogens is 2. The topological polar surface area (TPSA) is 129 Å². The smallest absolute Gasteiger partial charge is 0.408 e. The van der Waals surface area contributed by atoms with Crippen LogP contribution in [0.1, 0.15) is 79.3 Å². The molecule has 0 radical (unpaired) electrons. The van der Waals surface area contributed by atoms with E-state index in [1.54, 1.807) is 31.4 Å². The molecule has 1 N–H and O–H groups in total. The Kier molecular flexibility index (Phi) is 11.4. The molecular weight excluding hydrogens is 636 g/mol. The molecule has 3 aliphatic rings. The van der Waals surface area contributed by atoms with E-state index >= 15 is 0 Å². The first-order valence-corrected chi connectivity index (χ1v) is 18.0. The second-order valence-electron chi connectivity index (χ2n) is 15.6. The molecule has 1 aromatic heterocycles. The van der Waals surface area contributed by atoms with Crippen molar-refractivity contribution in [3.05, 3.63) is 43.1 Å². The summed E-state index contributed by atoms with van der Waals surface area (Å²) in [6.07, 6.45) is 7.04. The average molecular weight is 691 g/mol. The van der Waals surface area contributed by atoms with Gasteiger partial charge < -0.3 is 29.2 Å². The van der Waals surface area contributed by atoms with Gasteiger partial charge in [0.1, 0.15) is 35.7 Å². The van der Waals surface area contributed by atoms with E-state index in [9.17, 15) is 14.4 Å². The molecule has 8 atom stereocenters. The van der Waals surface area contributed by atoms with Crippen LogP contribution < -0.4 is 14.8 Å². The molecule has 11 nitrogen and oxygen atoms in total. The lowest BCUT2D eigenvalue weighted by molar-refractivity contribution is -0.156. The van der Waals surface area contributed by atoms with Crippen LogP contribution >= 0.6 is 0 Å². The zero-order valence-electron chi connectivity index (χ0n) is 30.6. The molecule has 3 fully saturated rings. The fraction of sp³-hybridized carbons (Fsp3) is 0.615. The minimum absolute atomic E-state index is 0.0660. The quantitative estimate of drug-likeness (QED) is 0.133. The van der Waals surface area contributed by atoms with E-state index in [0.29, 0.717) is 40.2 Å². The molecule has 0 spiro atoms. The number of methoxy groups -OCH3 is 1. The van der Waals surface area contributed by atoms with Crippen molar-refractivity contribution in [2.75, 3.05) is 20.3 Å². The van der Waals surface area contributed by atoms with Crippen molar-refractivity contribution in [3.63, 3.8) is 0 Å². The van der Waals surface area contributed by atoms with Gasteiger partial charge in [-0.3, -0.25) is 4.79 Å². The number of amides is 2. The number of benzene rings is 1. The highest BCUT2D eigenvalue weighted by atomic mass is 16.6. The van der Waals surface area contributed by atoms with E-state index in [-0.39, 0.29) is 31.1 Å². The van der Waals surface area contributed by atoms with Gasteiger partial charge in [-0.1, -0.05) is 54.2 Å². The number of hydrogen-bond donors (Lipinski definition) is 1. The van der Waals surface area contributed by atoms with Gasteiger partial charge in [-0.25, -0.2) is 19.6 Å². The lowest BCUT2D eigenvalue weighted by Gasteiger charge is -2.35. The molecule has 1 aromatic carbocycles. The predicted octanol–water partition coefficient (Wildman–Crippen LogP) is 6.60. The number of fused-ring (bicyclic) bond motifs is 2. The maximum absolute atomic E-state index is 14.6. The van der Waals surface area contributed by atoms with E-state index in [0.717, 1.165) is 25.7 Å². The van der Waals surface area contributed by atoms with Crippen molar-refractivity contribution in [3.8, 4) is 11.6 Å². The molecular formula is C39H54N4O7. The number of alkyl carbamates (subject to hydrolysis) is 1. The van der Waals surface area contributed by atoms with E-state index in [4.69, 9.17) is 23.9 Å². The summed E-state index contributed by atoms with van der Waals surface area (Å²) in [5.74, 6) is 1.09. The Hall–Kier alpha value is -4.15. The van der Waals surface area contributed by atoms with Gasteiger partial charge in [0.25, 0.3) is 0 Å². The number of allylic oxidation sites excluding steroid dienone is 1. The van der Waals surface area contributed by atoms with Gasteiger partial charge in [0.15, 0.2) is 0 Å². The molecule has 1 unspecified atom stereocenters. The number of unbranched alkanes of at least 4 members (excludes halogenated alkanes) is 1. The van der Waals surface area contributed by atoms with Crippen LogP contribution in [0.2, 0.25) is 0 Å². The number of nitrogens with one attached hydrogen (secondary N) is 1. The Morgan fingerprint density at radius 1 is 1.10 bits per heavy atom. The number of carbonyl (C=O) groups is 3. The molecule has 0 bridgehead atoms. The molecule has 2 aliphatic carbocycles. The van der Waals surface area contributed by atoms with Crippen LogP contribution in [0.3, 0.4) is 0 Å². The number of likely N-dealkylation sites (tertiary alicyclic amines) is 1. The zero-order chi connectivity index (χ0) is 36.3. The van der Waals surface area contributed by atoms with E-state index in [2.05, 4.69) is 23.5 Å². The lowest BCUT2D eigenvalue weighted by atomic mass is 9.85. The minimum atomic E-state index is -0.979. The maximum atomic E-state index is 14.6. The largest absolute Gasteiger partial charge is 0.497 e. The van der Waals surface area contributed by atoms with E-state index < -0.39 is 47.5 Å². The summed E-state index contributed by atoms with van der Waals surface area (Å²) in [7, 11) is 1.58. The molecule has 2 heterocycles. The van der Waals surface area contributed by atoms with Crippen molar-refractivity contribution >= 4 is 35.1 Å². The Bertz CT molecular complexity index is 1590. The first-order valence-electron chi connectivity index (χ1n) is 18.0. The number of rotatable bonds is 14. The van der Waals surface area contributed by atoms with Gasteiger partial charge in [0, 0.05) is 12.0 Å². The molecule has 2 amide bonds. The fourth-order valence-corrected chi connectivity index (χ4v) is 7.48. The fourth-order valence-electron chi connectivity index (χ4n) is 7.48. The van der Waals surface area contributed by atoms with Crippen molar-refractivity contribution < 1.29 is 33.3 Å². The minimum Gasteiger partial charge on any atom is -0.497 e. The van der Waals surface area contributed by atoms with Crippen LogP contribution in [0.5, 0.6) is 11.6 Å². The third-order valence-electron chi connectivity index (χ3n) is 10.3. The number of carbonyl (C=O) groups excluding carboxylic acids is 3. The summed E-state index contributed by atoms with van der Waals surface area (Å²) in [5.41, 5.74) is 0.936. The van der Waals surface area contributed by atoms with Crippen molar-refractivity contribution in [1.29, 1.82) is 0 Å². The Morgan fingerprint density at radius 2 is 1.86 bits per heavy atom. The van der Waals surface area contributed by atoms with Gasteiger partial charge >= 0.3 is 12.1 Å². The number of ether oxygens (including phenoxy) is 4. The summed E-state index contributed by atoms with van der Waals surface area (Å²) in [6.45, 7) is 19.4. The zero-order valence-corrected chi connectivity index (χ0v) is 30.6. The van der Waals surface area contributed by atoms with Crippen molar-refractivity contribution in [2.24, 2.45) is 35.0 Å². The molecule has 50 heavy (non-hydrogen) atoms. The summed E-state index contributed by atoms with van der Waals surface area (Å²) < 4.78 is 23.6. The van der Waals surface area contributed by atoms with Gasteiger partial charge in [0.2, 0.25) is 11.8 Å². The van der Waals surface area contributed by atoms with Gasteiger partial charge in [-0.15, -0.1) is 6.58 Å². The highest BCUT2D eigenvalue weighted by molar-refractivity contribution is 5.91. The molecule has 1 aliphatic heterocycles. The normalized spacial score (nSPS) is 26.2. The summed E-state index contributed by atoms with van der Waals surface area (Å²) in [4.78, 5) is 52.6. The lowest BCUT2D eigenvalue weighted by Crippen LogP contribution is -2.57. The molecule has 2 aromatic rings. The van der Waals surface area contributed by atoms with Crippen LogP contribution in [0.15, 0.2) is 37.4 Å². The third kappa shape index (κ3) is 8.24. The monoisotopic (exact) mass is 690 g/mol. The summed E-state index contributed by atoms with van der Waals surface area (Å²) >= 11 is 0. The first-order chi connectivity index (χ1) is 23.7. The Labute approximate surface area is 296 Å². The second-order valence-corrected chi connectivity index (χ2v) is 15.6. The number of hydrogen-bond acceptors (Lipinski definition) is 9. The molecule has 5 rings (SSSR count). The van der Waals surface area contributed by atoms with Gasteiger partial charge in [-0.2, -0.15) is 0 Å². The van der Waals surface area contributed by atoms with Gasteiger partial charge in [0.05, 0.1) is 31.3 Å². The maximum Gasteiger partial charge on any atom is 0.408 e. The number of nitrogens with zero attached hydrogens (tertiary/aromatic N) is 3. The molecule has 2 saturated carbocycles. The number of esters is 1. The van der Waals surface area contributed by atoms with Gasteiger partial charge in [-0.05, 0) is 79.4 Å². The standard InChI is InChI=1S/C39H54N4O7/c1-10-12-13-14-26-27-17-24(27)18-31(26)50-38(46)42-34(39(6,7)8)36(44)43-20-32(23(5)33(43)37(45)48-21-22(3)4)49-35-28(11-2)40-29-16-15-25(47-9)19-30(29)41-35/h10-11,15-16,19,22-24,26-27,31-34H,1-2,12-14,17-18,20-21H2,3-9H3,(H,42,46)/t23-,24?,26-,27+,31-,32+,33+,34-/m1/s1. The van der Waals surface area contributed by atoms with Crippen LogP contribution in [-0.2, 0) is 19.1 Å². The summed E-state index contributed by atoms with van der Waals surface area (Å²) in [5, 5.41) is 2.91. The third-order valence-corrected chi connectivity index (χ3v) is 10.3. The molecule has 1 saturated heterocycles. The van der Waals surface area contributed by atoms with E-state index in [1.807, 2.05) is 47.6 Å². The molecule has 272 valence electrons. The van der Waals surface area contributed by atoms with Crippen LogP contribution in [0.4, 0.5) is 4.79 Å². The first kappa shape index (κ1) is 37.1. The highest BCUT2D eigenvalue weighted by Crippen LogP contribution is 2.57. The predicted molar refractivity (Wildman–Crippen MR) is 191 cm³/mol. The average Bonchev–Trinajstić information content (AvgIpc) is 3.64. The SMILES string of the molecule is C=CCCC[C@H]1[C@H](OC(=O)N[C@H](C(=O)N2C[C@H](Oc3nc4cc(OC)ccc4nc3C=C)[C@@H](C)[C@H]2C(=O)OCC(C)C)C(C)(C)C)CC2C[C@@H]21. The second kappa shape index (κ2) is 15.4.